The largest absolute Gasteiger partial charge is 0.501 e. The Bertz CT molecular complexity index is 884. The number of carbonyl (C=O) groups excluding carboxylic acids is 1. The minimum Gasteiger partial charge on any atom is -0.501 e. The Kier molecular flexibility index (Phi) is 3.68. The van der Waals surface area contributed by atoms with E-state index >= 15 is 0 Å². The molecule has 6 atom stereocenters. The van der Waals surface area contributed by atoms with E-state index in [1.165, 1.54) is 12.8 Å². The Morgan fingerprint density at radius 2 is 1.75 bits per heavy atom. The number of allylic oxidation sites excluding steroid dienone is 3. The molecule has 4 aliphatic rings. The fourth-order valence-electron chi connectivity index (χ4n) is 7.41. The van der Waals surface area contributed by atoms with Gasteiger partial charge in [0.15, 0.2) is 5.78 Å². The molecule has 0 heterocycles. The molecule has 4 heteroatoms. The van der Waals surface area contributed by atoms with Crippen LogP contribution in [-0.2, 0) is 14.9 Å². The summed E-state index contributed by atoms with van der Waals surface area (Å²) >= 11 is 0. The van der Waals surface area contributed by atoms with Crippen molar-refractivity contribution in [1.29, 1.82) is 0 Å². The van der Waals surface area contributed by atoms with E-state index in [0.717, 1.165) is 29.9 Å². The predicted octanol–water partition coefficient (Wildman–Crippen LogP) is 3.79. The zero-order valence-electron chi connectivity index (χ0n) is 16.8. The molecule has 4 nitrogen and oxygen atoms in total. The molecule has 5 rings (SSSR count). The highest BCUT2D eigenvalue weighted by atomic mass is 16.5. The second-order valence-electron chi connectivity index (χ2n) is 9.11. The van der Waals surface area contributed by atoms with Crippen LogP contribution < -0.4 is 4.74 Å². The van der Waals surface area contributed by atoms with Crippen LogP contribution in [0.25, 0.3) is 0 Å². The fourth-order valence-corrected chi connectivity index (χ4v) is 7.41. The molecule has 1 aromatic rings. The number of hydrogen-bond donors (Lipinski definition) is 1. The molecule has 148 valence electrons. The summed E-state index contributed by atoms with van der Waals surface area (Å²) in [6.45, 7) is 2.37. The van der Waals surface area contributed by atoms with E-state index < -0.39 is 11.5 Å². The van der Waals surface area contributed by atoms with Crippen molar-refractivity contribution in [3.8, 4) is 5.75 Å². The molecule has 1 aromatic carbocycles. The third kappa shape index (κ3) is 1.79. The van der Waals surface area contributed by atoms with Gasteiger partial charge in [-0.25, -0.2) is 0 Å². The van der Waals surface area contributed by atoms with Crippen LogP contribution >= 0.6 is 0 Å². The average molecular weight is 380 g/mol. The SMILES string of the molecule is COC1=CC(=O)[C@@H](O)[C@@H]2[C@H]1[C@]13C=C[C@@]2(c2ccc(OC)cc2)[C@@]1(C)CCCC3. The van der Waals surface area contributed by atoms with Gasteiger partial charge in [-0.15, -0.1) is 0 Å². The highest BCUT2D eigenvalue weighted by Gasteiger charge is 2.78. The van der Waals surface area contributed by atoms with Crippen LogP contribution in [-0.4, -0.2) is 31.2 Å². The molecule has 0 spiro atoms. The maximum atomic E-state index is 12.7. The van der Waals surface area contributed by atoms with Crippen molar-refractivity contribution in [3.05, 3.63) is 53.8 Å². The van der Waals surface area contributed by atoms with Crippen molar-refractivity contribution in [1.82, 2.24) is 0 Å². The molecule has 28 heavy (non-hydrogen) atoms. The van der Waals surface area contributed by atoms with Crippen molar-refractivity contribution < 1.29 is 19.4 Å². The smallest absolute Gasteiger partial charge is 0.187 e. The van der Waals surface area contributed by atoms with Gasteiger partial charge < -0.3 is 14.6 Å². The number of rotatable bonds is 3. The van der Waals surface area contributed by atoms with Crippen LogP contribution in [0.2, 0.25) is 0 Å². The number of fused-ring (bicyclic) bond motifs is 2. The summed E-state index contributed by atoms with van der Waals surface area (Å²) in [5.74, 6) is 1.15. The quantitative estimate of drug-likeness (QED) is 0.811. The molecular weight excluding hydrogens is 352 g/mol. The van der Waals surface area contributed by atoms with Gasteiger partial charge in [-0.05, 0) is 36.0 Å². The molecular formula is C24H28O4. The normalized spacial score (nSPS) is 43.4. The van der Waals surface area contributed by atoms with Crippen LogP contribution in [0, 0.1) is 22.7 Å². The van der Waals surface area contributed by atoms with Gasteiger partial charge >= 0.3 is 0 Å². The third-order valence-electron chi connectivity index (χ3n) is 8.57. The first-order valence-electron chi connectivity index (χ1n) is 10.3. The molecule has 2 saturated carbocycles. The number of hydrogen-bond acceptors (Lipinski definition) is 4. The van der Waals surface area contributed by atoms with Crippen molar-refractivity contribution in [3.63, 3.8) is 0 Å². The summed E-state index contributed by atoms with van der Waals surface area (Å²) in [4.78, 5) is 12.7. The van der Waals surface area contributed by atoms with Crippen LogP contribution in [0.1, 0.15) is 38.2 Å². The van der Waals surface area contributed by atoms with Gasteiger partial charge in [0, 0.05) is 28.7 Å². The third-order valence-corrected chi connectivity index (χ3v) is 8.57. The molecule has 0 aromatic heterocycles. The van der Waals surface area contributed by atoms with Crippen LogP contribution in [0.3, 0.4) is 0 Å². The number of carbonyl (C=O) groups is 1. The second kappa shape index (κ2) is 5.73. The molecule has 0 radical (unpaired) electrons. The van der Waals surface area contributed by atoms with Gasteiger partial charge in [0.2, 0.25) is 0 Å². The van der Waals surface area contributed by atoms with Crippen LogP contribution in [0.5, 0.6) is 5.75 Å². The first-order valence-corrected chi connectivity index (χ1v) is 10.3. The lowest BCUT2D eigenvalue weighted by atomic mass is 9.52. The number of benzene rings is 1. The first kappa shape index (κ1) is 18.0. The van der Waals surface area contributed by atoms with Gasteiger partial charge in [0.05, 0.1) is 14.2 Å². The van der Waals surface area contributed by atoms with E-state index in [1.807, 2.05) is 12.1 Å². The Labute approximate surface area is 166 Å². The number of aliphatic hydroxyl groups is 1. The molecule has 1 N–H and O–H groups in total. The van der Waals surface area contributed by atoms with E-state index in [-0.39, 0.29) is 28.4 Å². The van der Waals surface area contributed by atoms with Crippen molar-refractivity contribution in [2.45, 2.75) is 44.1 Å². The minimum atomic E-state index is -1.00. The second-order valence-corrected chi connectivity index (χ2v) is 9.11. The number of methoxy groups -OCH3 is 2. The molecule has 0 saturated heterocycles. The van der Waals surface area contributed by atoms with Gasteiger partial charge in [-0.1, -0.05) is 44.1 Å². The Morgan fingerprint density at radius 1 is 1.04 bits per heavy atom. The lowest BCUT2D eigenvalue weighted by Gasteiger charge is -2.50. The molecule has 2 fully saturated rings. The number of ether oxygens (including phenoxy) is 2. The van der Waals surface area contributed by atoms with Crippen molar-refractivity contribution >= 4 is 5.78 Å². The van der Waals surface area contributed by atoms with Crippen LogP contribution in [0.4, 0.5) is 0 Å². The lowest BCUT2D eigenvalue weighted by molar-refractivity contribution is -0.129. The van der Waals surface area contributed by atoms with Crippen molar-refractivity contribution in [2.24, 2.45) is 22.7 Å². The number of ketones is 1. The average Bonchev–Trinajstić information content (AvgIpc) is 3.11. The summed E-state index contributed by atoms with van der Waals surface area (Å²) in [6, 6.07) is 8.20. The molecule has 0 amide bonds. The van der Waals surface area contributed by atoms with E-state index in [1.54, 1.807) is 20.3 Å². The fraction of sp³-hybridized carbons (Fsp3) is 0.542. The monoisotopic (exact) mass is 380 g/mol. The standard InChI is InChI=1S/C24H28O4/c1-22-10-4-5-11-23(22)12-13-24(22,15-6-8-16(27-2)9-7-15)20-19(23)18(28-3)14-17(25)21(20)26/h6-9,12-14,19-21,26H,4-5,10-11H2,1-3H3/t19-,20-,21+,22-,23-,24-/m0/s1. The lowest BCUT2D eigenvalue weighted by Crippen LogP contribution is -2.50. The van der Waals surface area contributed by atoms with Crippen LogP contribution in [0.15, 0.2) is 48.3 Å². The van der Waals surface area contributed by atoms with Crippen molar-refractivity contribution in [2.75, 3.05) is 14.2 Å². The van der Waals surface area contributed by atoms with E-state index in [9.17, 15) is 9.90 Å². The summed E-state index contributed by atoms with van der Waals surface area (Å²) in [5.41, 5.74) is 0.620. The Morgan fingerprint density at radius 3 is 2.43 bits per heavy atom. The summed E-state index contributed by atoms with van der Waals surface area (Å²) in [5, 5.41) is 11.2. The van der Waals surface area contributed by atoms with Gasteiger partial charge in [0.1, 0.15) is 17.6 Å². The molecule has 4 aliphatic carbocycles. The molecule has 2 bridgehead atoms. The number of aliphatic hydroxyl groups excluding tert-OH is 1. The zero-order valence-corrected chi connectivity index (χ0v) is 16.8. The maximum absolute atomic E-state index is 12.7. The first-order chi connectivity index (χ1) is 13.4. The zero-order chi connectivity index (χ0) is 19.7. The highest BCUT2D eigenvalue weighted by Crippen LogP contribution is 2.80. The van der Waals surface area contributed by atoms with E-state index in [0.29, 0.717) is 0 Å². The topological polar surface area (TPSA) is 55.8 Å². The maximum Gasteiger partial charge on any atom is 0.187 e. The molecule has 0 aliphatic heterocycles. The summed E-state index contributed by atoms with van der Waals surface area (Å²) in [7, 11) is 3.32. The Balaban J connectivity index is 1.79. The van der Waals surface area contributed by atoms with Gasteiger partial charge in [0.25, 0.3) is 0 Å². The van der Waals surface area contributed by atoms with Gasteiger partial charge in [-0.2, -0.15) is 0 Å². The highest BCUT2D eigenvalue weighted by molar-refractivity contribution is 5.96. The summed E-state index contributed by atoms with van der Waals surface area (Å²) < 4.78 is 11.1. The summed E-state index contributed by atoms with van der Waals surface area (Å²) in [6.07, 6.45) is 9.75. The predicted molar refractivity (Wildman–Crippen MR) is 106 cm³/mol. The van der Waals surface area contributed by atoms with E-state index in [2.05, 4.69) is 31.2 Å². The molecule has 0 unspecified atom stereocenters. The van der Waals surface area contributed by atoms with Gasteiger partial charge in [-0.3, -0.25) is 4.79 Å². The Hall–Kier alpha value is -2.07. The minimum absolute atomic E-state index is 0.0302. The van der Waals surface area contributed by atoms with E-state index in [4.69, 9.17) is 9.47 Å².